The second-order valence-electron chi connectivity index (χ2n) is 6.49. The lowest BCUT2D eigenvalue weighted by Crippen LogP contribution is -2.29. The van der Waals surface area contributed by atoms with Crippen LogP contribution in [0.4, 0.5) is 0 Å². The summed E-state index contributed by atoms with van der Waals surface area (Å²) >= 11 is 0. The Morgan fingerprint density at radius 1 is 1.10 bits per heavy atom. The molecule has 20 heavy (non-hydrogen) atoms. The molecular weight excluding hydrogens is 244 g/mol. The number of likely N-dealkylation sites (tertiary alicyclic amines) is 1. The number of hydrogen-bond acceptors (Lipinski definition) is 2. The second kappa shape index (κ2) is 15.3. The summed E-state index contributed by atoms with van der Waals surface area (Å²) in [4.78, 5) is 4.66. The van der Waals surface area contributed by atoms with Gasteiger partial charge >= 0.3 is 0 Å². The molecule has 1 fully saturated rings. The van der Waals surface area contributed by atoms with Crippen LogP contribution in [-0.4, -0.2) is 50.6 Å². The lowest BCUT2D eigenvalue weighted by atomic mass is 9.95. The van der Waals surface area contributed by atoms with Gasteiger partial charge in [-0.3, -0.25) is 0 Å². The second-order valence-corrected chi connectivity index (χ2v) is 6.49. The van der Waals surface area contributed by atoms with E-state index in [1.165, 1.54) is 51.7 Å². The van der Waals surface area contributed by atoms with Crippen LogP contribution in [0.1, 0.15) is 66.7 Å². The summed E-state index contributed by atoms with van der Waals surface area (Å²) in [5.41, 5.74) is 0. The maximum atomic E-state index is 2.42. The van der Waals surface area contributed by atoms with E-state index in [4.69, 9.17) is 0 Å². The molecule has 1 rings (SSSR count). The van der Waals surface area contributed by atoms with Crippen LogP contribution in [0.3, 0.4) is 0 Å². The zero-order valence-corrected chi connectivity index (χ0v) is 15.7. The Labute approximate surface area is 129 Å². The fourth-order valence-corrected chi connectivity index (χ4v) is 2.29. The summed E-state index contributed by atoms with van der Waals surface area (Å²) in [6.07, 6.45) is 6.93. The molecule has 0 aliphatic carbocycles. The quantitative estimate of drug-likeness (QED) is 0.719. The first-order valence-corrected chi connectivity index (χ1v) is 8.79. The minimum atomic E-state index is 0.866. The van der Waals surface area contributed by atoms with E-state index < -0.39 is 0 Å². The van der Waals surface area contributed by atoms with Gasteiger partial charge < -0.3 is 9.80 Å². The predicted octanol–water partition coefficient (Wildman–Crippen LogP) is 4.75. The first-order chi connectivity index (χ1) is 9.45. The van der Waals surface area contributed by atoms with Crippen molar-refractivity contribution < 1.29 is 0 Å². The van der Waals surface area contributed by atoms with Crippen molar-refractivity contribution in [3.8, 4) is 0 Å². The summed E-state index contributed by atoms with van der Waals surface area (Å²) in [6.45, 7) is 14.7. The maximum absolute atomic E-state index is 2.42. The summed E-state index contributed by atoms with van der Waals surface area (Å²) in [5, 5.41) is 0. The van der Waals surface area contributed by atoms with Crippen LogP contribution in [0, 0.1) is 11.8 Å². The number of rotatable bonds is 5. The van der Waals surface area contributed by atoms with Gasteiger partial charge in [-0.1, -0.05) is 41.0 Å². The lowest BCUT2D eigenvalue weighted by Gasteiger charge is -2.27. The molecule has 1 aliphatic rings. The fourth-order valence-electron chi connectivity index (χ4n) is 2.29. The molecule has 0 aromatic carbocycles. The van der Waals surface area contributed by atoms with E-state index in [1.807, 2.05) is 13.8 Å². The molecule has 0 aromatic rings. The van der Waals surface area contributed by atoms with Crippen molar-refractivity contribution in [2.75, 3.05) is 40.8 Å². The van der Waals surface area contributed by atoms with Crippen molar-refractivity contribution in [3.05, 3.63) is 0 Å². The summed E-state index contributed by atoms with van der Waals surface area (Å²) in [5.74, 6) is 1.89. The van der Waals surface area contributed by atoms with Gasteiger partial charge in [0, 0.05) is 0 Å². The van der Waals surface area contributed by atoms with Crippen molar-refractivity contribution in [1.29, 1.82) is 0 Å². The van der Waals surface area contributed by atoms with Gasteiger partial charge in [0.1, 0.15) is 0 Å². The Balaban J connectivity index is 0. The van der Waals surface area contributed by atoms with Crippen molar-refractivity contribution in [1.82, 2.24) is 9.80 Å². The molecule has 0 spiro atoms. The molecular formula is C18H42N2. The monoisotopic (exact) mass is 286 g/mol. The van der Waals surface area contributed by atoms with Gasteiger partial charge in [-0.15, -0.1) is 0 Å². The van der Waals surface area contributed by atoms with Gasteiger partial charge in [0.05, 0.1) is 0 Å². The van der Waals surface area contributed by atoms with Gasteiger partial charge in [-0.25, -0.2) is 0 Å². The largest absolute Gasteiger partial charge is 0.309 e. The number of hydrogen-bond donors (Lipinski definition) is 0. The number of piperidine rings is 1. The highest BCUT2D eigenvalue weighted by Gasteiger charge is 2.13. The van der Waals surface area contributed by atoms with E-state index in [0.717, 1.165) is 11.8 Å². The topological polar surface area (TPSA) is 6.48 Å². The molecule has 2 heteroatoms. The average molecular weight is 287 g/mol. The third kappa shape index (κ3) is 16.0. The van der Waals surface area contributed by atoms with E-state index in [2.05, 4.69) is 51.7 Å². The zero-order valence-electron chi connectivity index (χ0n) is 15.7. The zero-order chi connectivity index (χ0) is 16.0. The Morgan fingerprint density at radius 2 is 1.60 bits per heavy atom. The lowest BCUT2D eigenvalue weighted by molar-refractivity contribution is 0.216. The first-order valence-electron chi connectivity index (χ1n) is 8.79. The molecule has 124 valence electrons. The SMILES string of the molecule is CC.CC(C)CCCN(C)C.CCC1CCN(C)CC1. The Kier molecular flexibility index (Phi) is 17.0. The minimum absolute atomic E-state index is 0.866. The van der Waals surface area contributed by atoms with Crippen LogP contribution in [0.5, 0.6) is 0 Å². The van der Waals surface area contributed by atoms with E-state index in [1.54, 1.807) is 0 Å². The summed E-state index contributed by atoms with van der Waals surface area (Å²) in [7, 11) is 6.46. The molecule has 0 aromatic heterocycles. The molecule has 2 nitrogen and oxygen atoms in total. The molecule has 0 bridgehead atoms. The number of nitrogens with zero attached hydrogens (tertiary/aromatic N) is 2. The highest BCUT2D eigenvalue weighted by Crippen LogP contribution is 2.18. The molecule has 0 saturated carbocycles. The van der Waals surface area contributed by atoms with Crippen molar-refractivity contribution in [2.24, 2.45) is 11.8 Å². The normalized spacial score (nSPS) is 16.5. The van der Waals surface area contributed by atoms with Gasteiger partial charge in [-0.2, -0.15) is 0 Å². The molecule has 0 N–H and O–H groups in total. The molecule has 0 unspecified atom stereocenters. The molecule has 1 heterocycles. The Hall–Kier alpha value is -0.0800. The van der Waals surface area contributed by atoms with Crippen LogP contribution < -0.4 is 0 Å². The van der Waals surface area contributed by atoms with Crippen molar-refractivity contribution in [3.63, 3.8) is 0 Å². The maximum Gasteiger partial charge on any atom is -0.00191 e. The molecule has 1 aliphatic heterocycles. The smallest absolute Gasteiger partial charge is 0.00191 e. The minimum Gasteiger partial charge on any atom is -0.309 e. The van der Waals surface area contributed by atoms with Crippen LogP contribution >= 0.6 is 0 Å². The van der Waals surface area contributed by atoms with Crippen LogP contribution in [0.25, 0.3) is 0 Å². The highest BCUT2D eigenvalue weighted by atomic mass is 15.1. The van der Waals surface area contributed by atoms with Crippen LogP contribution in [0.2, 0.25) is 0 Å². The van der Waals surface area contributed by atoms with Gasteiger partial charge in [0.2, 0.25) is 0 Å². The van der Waals surface area contributed by atoms with E-state index in [0.29, 0.717) is 0 Å². The van der Waals surface area contributed by atoms with Gasteiger partial charge in [0.25, 0.3) is 0 Å². The van der Waals surface area contributed by atoms with E-state index in [9.17, 15) is 0 Å². The first kappa shape index (κ1) is 22.2. The fraction of sp³-hybridized carbons (Fsp3) is 1.00. The molecule has 0 radical (unpaired) electrons. The molecule has 1 saturated heterocycles. The standard InChI is InChI=1S/C8H17N.C8H19N.C2H6/c1-3-8-4-6-9(2)7-5-8;1-8(2)6-5-7-9(3)4;1-2/h8H,3-7H2,1-2H3;8H,5-7H2,1-4H3;1-2H3. The molecule has 0 atom stereocenters. The van der Waals surface area contributed by atoms with Crippen molar-refractivity contribution >= 4 is 0 Å². The van der Waals surface area contributed by atoms with Crippen molar-refractivity contribution in [2.45, 2.75) is 66.7 Å². The third-order valence-corrected chi connectivity index (χ3v) is 3.80. The van der Waals surface area contributed by atoms with E-state index in [-0.39, 0.29) is 0 Å². The molecule has 0 amide bonds. The Bertz CT molecular complexity index is 162. The third-order valence-electron chi connectivity index (χ3n) is 3.80. The van der Waals surface area contributed by atoms with E-state index >= 15 is 0 Å². The predicted molar refractivity (Wildman–Crippen MR) is 94.5 cm³/mol. The van der Waals surface area contributed by atoms with Gasteiger partial charge in [-0.05, 0) is 78.3 Å². The van der Waals surface area contributed by atoms with Gasteiger partial charge in [0.15, 0.2) is 0 Å². The van der Waals surface area contributed by atoms with Crippen LogP contribution in [-0.2, 0) is 0 Å². The average Bonchev–Trinajstić information content (AvgIpc) is 2.42. The van der Waals surface area contributed by atoms with Crippen LogP contribution in [0.15, 0.2) is 0 Å². The summed E-state index contributed by atoms with van der Waals surface area (Å²) in [6, 6.07) is 0. The summed E-state index contributed by atoms with van der Waals surface area (Å²) < 4.78 is 0. The highest BCUT2D eigenvalue weighted by molar-refractivity contribution is 4.67. The Morgan fingerprint density at radius 3 is 1.95 bits per heavy atom.